The minimum Gasteiger partial charge on any atom is -0.345 e. The van der Waals surface area contributed by atoms with Crippen LogP contribution >= 0.6 is 0 Å². The molecule has 0 atom stereocenters. The van der Waals surface area contributed by atoms with E-state index in [4.69, 9.17) is 0 Å². The largest absolute Gasteiger partial charge is 0.345 e. The molecule has 6 nitrogen and oxygen atoms in total. The molecule has 2 aromatic carbocycles. The molecule has 2 amide bonds. The van der Waals surface area contributed by atoms with Gasteiger partial charge in [0.05, 0.1) is 17.5 Å². The van der Waals surface area contributed by atoms with E-state index in [0.717, 1.165) is 5.56 Å². The number of carbonyl (C=O) groups excluding carboxylic acids is 2. The van der Waals surface area contributed by atoms with E-state index in [9.17, 15) is 14.0 Å². The number of nitrogens with zero attached hydrogens (tertiary/aromatic N) is 4. The van der Waals surface area contributed by atoms with Gasteiger partial charge in [0.25, 0.3) is 11.8 Å². The van der Waals surface area contributed by atoms with Crippen molar-refractivity contribution in [3.63, 3.8) is 0 Å². The second-order valence-corrected chi connectivity index (χ2v) is 7.22. The van der Waals surface area contributed by atoms with E-state index in [-0.39, 0.29) is 11.8 Å². The Morgan fingerprint density at radius 2 is 1.70 bits per heavy atom. The topological polar surface area (TPSA) is 58.4 Å². The molecule has 0 saturated heterocycles. The Kier molecular flexibility index (Phi) is 6.30. The first-order valence-electron chi connectivity index (χ1n) is 9.72. The predicted molar refractivity (Wildman–Crippen MR) is 113 cm³/mol. The molecule has 0 aliphatic rings. The van der Waals surface area contributed by atoms with Gasteiger partial charge in [-0.1, -0.05) is 24.3 Å². The number of benzene rings is 2. The fourth-order valence-corrected chi connectivity index (χ4v) is 3.21. The number of rotatable bonds is 6. The molecule has 0 spiro atoms. The number of para-hydroxylation sites is 1. The van der Waals surface area contributed by atoms with Crippen LogP contribution in [0.15, 0.2) is 54.7 Å². The second-order valence-electron chi connectivity index (χ2n) is 7.22. The summed E-state index contributed by atoms with van der Waals surface area (Å²) >= 11 is 0. The number of hydrogen-bond acceptors (Lipinski definition) is 3. The van der Waals surface area contributed by atoms with Gasteiger partial charge in [-0.2, -0.15) is 5.10 Å². The van der Waals surface area contributed by atoms with E-state index in [2.05, 4.69) is 5.10 Å². The molecule has 0 aliphatic carbocycles. The van der Waals surface area contributed by atoms with Crippen molar-refractivity contribution in [2.24, 2.45) is 0 Å². The molecule has 0 bridgehead atoms. The summed E-state index contributed by atoms with van der Waals surface area (Å²) in [5.41, 5.74) is 2.83. The summed E-state index contributed by atoms with van der Waals surface area (Å²) in [6, 6.07) is 13.5. The van der Waals surface area contributed by atoms with Crippen LogP contribution < -0.4 is 0 Å². The van der Waals surface area contributed by atoms with Crippen molar-refractivity contribution in [1.82, 2.24) is 19.6 Å². The maximum atomic E-state index is 14.1. The molecule has 0 N–H and O–H groups in total. The lowest BCUT2D eigenvalue weighted by Crippen LogP contribution is -2.30. The van der Waals surface area contributed by atoms with Gasteiger partial charge in [0.15, 0.2) is 0 Å². The summed E-state index contributed by atoms with van der Waals surface area (Å²) < 4.78 is 15.6. The van der Waals surface area contributed by atoms with E-state index in [0.29, 0.717) is 35.6 Å². The van der Waals surface area contributed by atoms with Gasteiger partial charge in [0, 0.05) is 32.7 Å². The highest BCUT2D eigenvalue weighted by atomic mass is 19.1. The summed E-state index contributed by atoms with van der Waals surface area (Å²) in [5.74, 6) is -0.644. The highest BCUT2D eigenvalue weighted by Crippen LogP contribution is 2.19. The lowest BCUT2D eigenvalue weighted by Gasteiger charge is -2.21. The molecule has 0 fully saturated rings. The molecule has 3 rings (SSSR count). The minimum atomic E-state index is -0.401. The summed E-state index contributed by atoms with van der Waals surface area (Å²) in [6.07, 6.45) is 1.48. The predicted octanol–water partition coefficient (Wildman–Crippen LogP) is 3.68. The number of aromatic nitrogens is 2. The van der Waals surface area contributed by atoms with Crippen molar-refractivity contribution >= 4 is 11.8 Å². The van der Waals surface area contributed by atoms with Crippen molar-refractivity contribution in [3.8, 4) is 5.69 Å². The molecule has 30 heavy (non-hydrogen) atoms. The summed E-state index contributed by atoms with van der Waals surface area (Å²) in [7, 11) is 3.41. The van der Waals surface area contributed by atoms with Crippen LogP contribution in [0.1, 0.15) is 38.9 Å². The van der Waals surface area contributed by atoms with Crippen molar-refractivity contribution in [2.45, 2.75) is 20.4 Å². The maximum absolute atomic E-state index is 14.1. The van der Waals surface area contributed by atoms with Crippen LogP contribution in [0.25, 0.3) is 5.69 Å². The third-order valence-electron chi connectivity index (χ3n) is 4.97. The van der Waals surface area contributed by atoms with Crippen LogP contribution in [-0.4, -0.2) is 52.0 Å². The SMILES string of the molecule is CCN(Cc1ccc(C(=O)N(C)C)cc1)C(=O)c1cnn(-c2ccccc2F)c1C. The Hall–Kier alpha value is -3.48. The maximum Gasteiger partial charge on any atom is 0.257 e. The Bertz CT molecular complexity index is 1060. The molecule has 0 aliphatic heterocycles. The van der Waals surface area contributed by atoms with Crippen molar-refractivity contribution in [2.75, 3.05) is 20.6 Å². The van der Waals surface area contributed by atoms with Crippen LogP contribution in [0.2, 0.25) is 0 Å². The summed E-state index contributed by atoms with van der Waals surface area (Å²) in [4.78, 5) is 28.4. The second kappa shape index (κ2) is 8.90. The zero-order chi connectivity index (χ0) is 21.8. The Morgan fingerprint density at radius 1 is 1.03 bits per heavy atom. The van der Waals surface area contributed by atoms with Gasteiger partial charge in [0.1, 0.15) is 11.5 Å². The van der Waals surface area contributed by atoms with Crippen LogP contribution in [0.3, 0.4) is 0 Å². The van der Waals surface area contributed by atoms with E-state index in [1.54, 1.807) is 56.3 Å². The normalized spacial score (nSPS) is 10.7. The van der Waals surface area contributed by atoms with Gasteiger partial charge < -0.3 is 9.80 Å². The number of hydrogen-bond donors (Lipinski definition) is 0. The van der Waals surface area contributed by atoms with Gasteiger partial charge in [-0.3, -0.25) is 9.59 Å². The lowest BCUT2D eigenvalue weighted by molar-refractivity contribution is 0.0750. The first kappa shape index (κ1) is 21.2. The quantitative estimate of drug-likeness (QED) is 0.625. The molecule has 1 aromatic heterocycles. The van der Waals surface area contributed by atoms with Crippen LogP contribution in [0.5, 0.6) is 0 Å². The molecule has 156 valence electrons. The Balaban J connectivity index is 1.80. The van der Waals surface area contributed by atoms with Gasteiger partial charge in [-0.05, 0) is 43.7 Å². The molecular weight excluding hydrogens is 383 g/mol. The van der Waals surface area contributed by atoms with E-state index in [1.165, 1.54) is 21.8 Å². The first-order chi connectivity index (χ1) is 14.3. The van der Waals surface area contributed by atoms with E-state index >= 15 is 0 Å². The average molecular weight is 408 g/mol. The third kappa shape index (κ3) is 4.25. The van der Waals surface area contributed by atoms with Crippen LogP contribution in [-0.2, 0) is 6.54 Å². The number of halogens is 1. The molecule has 1 heterocycles. The van der Waals surface area contributed by atoms with Gasteiger partial charge in [0.2, 0.25) is 0 Å². The average Bonchev–Trinajstić information content (AvgIpc) is 3.12. The van der Waals surface area contributed by atoms with E-state index < -0.39 is 5.82 Å². The smallest absolute Gasteiger partial charge is 0.257 e. The van der Waals surface area contributed by atoms with Gasteiger partial charge in [-0.15, -0.1) is 0 Å². The van der Waals surface area contributed by atoms with Crippen molar-refractivity contribution < 1.29 is 14.0 Å². The van der Waals surface area contributed by atoms with Crippen LogP contribution in [0, 0.1) is 12.7 Å². The lowest BCUT2D eigenvalue weighted by atomic mass is 10.1. The van der Waals surface area contributed by atoms with Gasteiger partial charge in [-0.25, -0.2) is 9.07 Å². The van der Waals surface area contributed by atoms with Crippen molar-refractivity contribution in [1.29, 1.82) is 0 Å². The zero-order valence-electron chi connectivity index (χ0n) is 17.6. The van der Waals surface area contributed by atoms with E-state index in [1.807, 2.05) is 19.1 Å². The Morgan fingerprint density at radius 3 is 2.30 bits per heavy atom. The molecule has 0 radical (unpaired) electrons. The first-order valence-corrected chi connectivity index (χ1v) is 9.72. The highest BCUT2D eigenvalue weighted by Gasteiger charge is 2.21. The fourth-order valence-electron chi connectivity index (χ4n) is 3.21. The standard InChI is InChI=1S/C23H25FN4O2/c1-5-27(15-17-10-12-18(13-11-17)22(29)26(3)4)23(30)19-14-25-28(16(19)2)21-9-7-6-8-20(21)24/h6-14H,5,15H2,1-4H3. The number of amides is 2. The summed E-state index contributed by atoms with van der Waals surface area (Å²) in [5, 5.41) is 4.23. The summed E-state index contributed by atoms with van der Waals surface area (Å²) in [6.45, 7) is 4.55. The monoisotopic (exact) mass is 408 g/mol. The Labute approximate surface area is 175 Å². The molecule has 0 saturated carbocycles. The molecule has 0 unspecified atom stereocenters. The number of carbonyl (C=O) groups is 2. The molecular formula is C23H25FN4O2. The minimum absolute atomic E-state index is 0.0684. The third-order valence-corrected chi connectivity index (χ3v) is 4.97. The molecule has 7 heteroatoms. The highest BCUT2D eigenvalue weighted by molar-refractivity contribution is 5.95. The molecule has 3 aromatic rings. The van der Waals surface area contributed by atoms with Crippen molar-refractivity contribution in [3.05, 3.63) is 82.9 Å². The fraction of sp³-hybridized carbons (Fsp3) is 0.261. The van der Waals surface area contributed by atoms with Crippen LogP contribution in [0.4, 0.5) is 4.39 Å². The van der Waals surface area contributed by atoms with Gasteiger partial charge >= 0.3 is 0 Å². The zero-order valence-corrected chi connectivity index (χ0v) is 17.6.